The highest BCUT2D eigenvalue weighted by Gasteiger charge is 1.86. The Morgan fingerprint density at radius 3 is 2.00 bits per heavy atom. The number of rotatable bonds is 2. The minimum Gasteiger partial charge on any atom is -0.285 e. The Balaban J connectivity index is 2.63. The molecule has 37 valence electrons. The molecule has 0 heterocycles. The Morgan fingerprint density at radius 2 is 2.00 bits per heavy atom. The quantitative estimate of drug-likeness (QED) is 0.452. The summed E-state index contributed by atoms with van der Waals surface area (Å²) in [4.78, 5) is 4.43. The van der Waals surface area contributed by atoms with Gasteiger partial charge in [0.15, 0.2) is 0 Å². The largest absolute Gasteiger partial charge is 0.285 e. The van der Waals surface area contributed by atoms with Gasteiger partial charge in [-0.15, -0.1) is 0 Å². The molecule has 0 aromatic carbocycles. The average Bonchev–Trinajstić information content (AvgIpc) is 1.35. The van der Waals surface area contributed by atoms with E-state index < -0.39 is 0 Å². The molecule has 0 aliphatic heterocycles. The molecule has 0 aliphatic rings. The van der Waals surface area contributed by atoms with Crippen LogP contribution >= 0.6 is 0 Å². The maximum atomic E-state index is 4.43. The molecule has 0 rings (SSSR count). The fourth-order valence-corrected chi connectivity index (χ4v) is 0.211. The number of hydrogen-bond donors (Lipinski definition) is 0. The molecule has 2 nitrogen and oxygen atoms in total. The third kappa shape index (κ3) is 3.92. The van der Waals surface area contributed by atoms with Crippen molar-refractivity contribution >= 4 is 0 Å². The summed E-state index contributed by atoms with van der Waals surface area (Å²) in [6, 6.07) is 0.301. The van der Waals surface area contributed by atoms with Gasteiger partial charge in [-0.3, -0.25) is 4.84 Å². The first-order valence-corrected chi connectivity index (χ1v) is 2.00. The molecule has 0 amide bonds. The van der Waals surface area contributed by atoms with Gasteiger partial charge < -0.3 is 0 Å². The van der Waals surface area contributed by atoms with Crippen molar-refractivity contribution in [2.24, 2.45) is 0 Å². The van der Waals surface area contributed by atoms with Crippen molar-refractivity contribution in [2.45, 2.75) is 19.9 Å². The van der Waals surface area contributed by atoms with E-state index in [0.29, 0.717) is 6.04 Å². The van der Waals surface area contributed by atoms with Crippen molar-refractivity contribution in [3.63, 3.8) is 0 Å². The van der Waals surface area contributed by atoms with Crippen LogP contribution in [0.1, 0.15) is 13.8 Å². The predicted octanol–water partition coefficient (Wildman–Crippen LogP) is 0.561. The Labute approximate surface area is 38.5 Å². The summed E-state index contributed by atoms with van der Waals surface area (Å²) in [6.07, 6.45) is 0. The molecule has 6 heavy (non-hydrogen) atoms. The van der Waals surface area contributed by atoms with E-state index in [1.54, 1.807) is 7.11 Å². The molecule has 0 atom stereocenters. The molecule has 0 fully saturated rings. The van der Waals surface area contributed by atoms with Crippen LogP contribution in [0.3, 0.4) is 0 Å². The molecule has 0 N–H and O–H groups in total. The van der Waals surface area contributed by atoms with Crippen molar-refractivity contribution < 1.29 is 4.84 Å². The van der Waals surface area contributed by atoms with Crippen LogP contribution in [0.15, 0.2) is 0 Å². The van der Waals surface area contributed by atoms with Gasteiger partial charge >= 0.3 is 0 Å². The highest BCUT2D eigenvalue weighted by Crippen LogP contribution is 1.74. The standard InChI is InChI=1S/C4H10NO/c1-4(2)5-6-3/h4H,1-3H3. The lowest BCUT2D eigenvalue weighted by Crippen LogP contribution is -2.11. The Morgan fingerprint density at radius 1 is 1.50 bits per heavy atom. The number of nitrogens with zero attached hydrogens (tertiary/aromatic N) is 1. The molecule has 0 aliphatic carbocycles. The number of hydrogen-bond acceptors (Lipinski definition) is 1. The van der Waals surface area contributed by atoms with Gasteiger partial charge in [0.1, 0.15) is 0 Å². The van der Waals surface area contributed by atoms with Crippen molar-refractivity contribution in [2.75, 3.05) is 7.11 Å². The van der Waals surface area contributed by atoms with Gasteiger partial charge in [-0.1, -0.05) is 5.48 Å². The molecule has 1 radical (unpaired) electrons. The van der Waals surface area contributed by atoms with Gasteiger partial charge in [0, 0.05) is 6.04 Å². The summed E-state index contributed by atoms with van der Waals surface area (Å²) >= 11 is 0. The molecule has 0 aromatic rings. The topological polar surface area (TPSA) is 23.3 Å². The first kappa shape index (κ1) is 5.92. The number of hydroxylamine groups is 1. The van der Waals surface area contributed by atoms with Crippen molar-refractivity contribution in [1.29, 1.82) is 0 Å². The van der Waals surface area contributed by atoms with E-state index in [0.717, 1.165) is 0 Å². The molecular formula is C4H10NO. The highest BCUT2D eigenvalue weighted by molar-refractivity contribution is 4.36. The fraction of sp³-hybridized carbons (Fsp3) is 1.00. The second-order valence-corrected chi connectivity index (χ2v) is 1.38. The van der Waals surface area contributed by atoms with E-state index in [1.165, 1.54) is 0 Å². The predicted molar refractivity (Wildman–Crippen MR) is 24.3 cm³/mol. The summed E-state index contributed by atoms with van der Waals surface area (Å²) in [5.74, 6) is 0. The molecule has 2 heteroatoms. The molecule has 0 aromatic heterocycles. The zero-order valence-electron chi connectivity index (χ0n) is 4.43. The second kappa shape index (κ2) is 3.12. The van der Waals surface area contributed by atoms with Crippen LogP contribution in [-0.2, 0) is 4.84 Å². The van der Waals surface area contributed by atoms with E-state index in [1.807, 2.05) is 13.8 Å². The smallest absolute Gasteiger partial charge is 0.0592 e. The minimum absolute atomic E-state index is 0.301. The zero-order valence-corrected chi connectivity index (χ0v) is 4.43. The van der Waals surface area contributed by atoms with Crippen LogP contribution in [0.5, 0.6) is 0 Å². The van der Waals surface area contributed by atoms with E-state index in [2.05, 4.69) is 10.3 Å². The van der Waals surface area contributed by atoms with E-state index >= 15 is 0 Å². The summed E-state index contributed by atoms with van der Waals surface area (Å²) in [5.41, 5.74) is 3.62. The van der Waals surface area contributed by atoms with Gasteiger partial charge in [0.2, 0.25) is 0 Å². The highest BCUT2D eigenvalue weighted by atomic mass is 16.6. The van der Waals surface area contributed by atoms with Crippen molar-refractivity contribution in [3.05, 3.63) is 0 Å². The lowest BCUT2D eigenvalue weighted by atomic mass is 10.4. The normalized spacial score (nSPS) is 10.0. The van der Waals surface area contributed by atoms with Crippen molar-refractivity contribution in [3.8, 4) is 0 Å². The SMILES string of the molecule is CO[N]C(C)C. The van der Waals surface area contributed by atoms with Gasteiger partial charge in [-0.05, 0) is 13.8 Å². The van der Waals surface area contributed by atoms with Crippen LogP contribution < -0.4 is 5.48 Å². The third-order valence-corrected chi connectivity index (χ3v) is 0.316. The Hall–Kier alpha value is -0.0800. The summed E-state index contributed by atoms with van der Waals surface area (Å²) < 4.78 is 0. The summed E-state index contributed by atoms with van der Waals surface area (Å²) in [6.45, 7) is 3.92. The monoisotopic (exact) mass is 88.1 g/mol. The third-order valence-electron chi connectivity index (χ3n) is 0.316. The summed E-state index contributed by atoms with van der Waals surface area (Å²) in [7, 11) is 1.56. The fourth-order valence-electron chi connectivity index (χ4n) is 0.211. The molecule has 0 saturated heterocycles. The van der Waals surface area contributed by atoms with Crippen molar-refractivity contribution in [1.82, 2.24) is 5.48 Å². The van der Waals surface area contributed by atoms with Crippen LogP contribution in [-0.4, -0.2) is 13.2 Å². The molecule has 0 spiro atoms. The minimum atomic E-state index is 0.301. The van der Waals surface area contributed by atoms with Crippen LogP contribution in [0.2, 0.25) is 0 Å². The van der Waals surface area contributed by atoms with Crippen LogP contribution in [0.25, 0.3) is 0 Å². The lowest BCUT2D eigenvalue weighted by Gasteiger charge is -1.96. The van der Waals surface area contributed by atoms with E-state index in [4.69, 9.17) is 0 Å². The summed E-state index contributed by atoms with van der Waals surface area (Å²) in [5, 5.41) is 0. The van der Waals surface area contributed by atoms with E-state index in [9.17, 15) is 0 Å². The first-order valence-electron chi connectivity index (χ1n) is 2.00. The first-order chi connectivity index (χ1) is 2.77. The Kier molecular flexibility index (Phi) is 3.08. The second-order valence-electron chi connectivity index (χ2n) is 1.38. The lowest BCUT2D eigenvalue weighted by molar-refractivity contribution is 0.0616. The van der Waals surface area contributed by atoms with Gasteiger partial charge in [0.25, 0.3) is 0 Å². The van der Waals surface area contributed by atoms with Gasteiger partial charge in [0.05, 0.1) is 7.11 Å². The van der Waals surface area contributed by atoms with Crippen LogP contribution in [0.4, 0.5) is 0 Å². The molecular weight excluding hydrogens is 78.0 g/mol. The average molecular weight is 88.1 g/mol. The van der Waals surface area contributed by atoms with Gasteiger partial charge in [-0.2, -0.15) is 0 Å². The maximum Gasteiger partial charge on any atom is 0.0592 e. The van der Waals surface area contributed by atoms with Gasteiger partial charge in [-0.25, -0.2) is 0 Å². The van der Waals surface area contributed by atoms with Crippen LogP contribution in [0, 0.1) is 0 Å². The molecule has 0 bridgehead atoms. The zero-order chi connectivity index (χ0) is 4.99. The Bertz CT molecular complexity index is 28.7. The molecule has 0 saturated carbocycles. The molecule has 0 unspecified atom stereocenters. The maximum absolute atomic E-state index is 4.43. The van der Waals surface area contributed by atoms with E-state index in [-0.39, 0.29) is 0 Å².